The molecule has 0 saturated carbocycles. The minimum absolute atomic E-state index is 0. The molecule has 1 fully saturated rings. The Balaban J connectivity index is 0.00000144. The van der Waals surface area contributed by atoms with Gasteiger partial charge in [0.05, 0.1) is 6.54 Å². The van der Waals surface area contributed by atoms with Gasteiger partial charge in [-0.25, -0.2) is 0 Å². The largest absolute Gasteiger partial charge is 0.369 e. The van der Waals surface area contributed by atoms with Gasteiger partial charge in [0.15, 0.2) is 0 Å². The zero-order valence-electron chi connectivity index (χ0n) is 10.0. The van der Waals surface area contributed by atoms with E-state index in [1.54, 1.807) is 0 Å². The summed E-state index contributed by atoms with van der Waals surface area (Å²) in [5.41, 5.74) is 6.49. The van der Waals surface area contributed by atoms with Crippen LogP contribution in [0.3, 0.4) is 0 Å². The fraction of sp³-hybridized carbons (Fsp3) is 0.417. The maximum Gasteiger partial charge on any atom is 0.234 e. The number of nitrogens with zero attached hydrogens (tertiary/aromatic N) is 1. The number of hydrogen-bond donors (Lipinski definition) is 2. The van der Waals surface area contributed by atoms with E-state index in [0.717, 1.165) is 19.5 Å². The lowest BCUT2D eigenvalue weighted by Crippen LogP contribution is -2.40. The van der Waals surface area contributed by atoms with Crippen LogP contribution in [0.1, 0.15) is 6.42 Å². The quantitative estimate of drug-likeness (QED) is 0.879. The number of carbonyl (C=O) groups excluding carboxylic acids is 1. The van der Waals surface area contributed by atoms with E-state index >= 15 is 0 Å². The van der Waals surface area contributed by atoms with E-state index in [1.807, 2.05) is 18.2 Å². The van der Waals surface area contributed by atoms with Crippen LogP contribution >= 0.6 is 24.8 Å². The van der Waals surface area contributed by atoms with Crippen molar-refractivity contribution in [2.75, 3.05) is 24.5 Å². The van der Waals surface area contributed by atoms with Gasteiger partial charge in [-0.2, -0.15) is 0 Å². The van der Waals surface area contributed by atoms with Crippen molar-refractivity contribution in [2.24, 2.45) is 5.73 Å². The number of benzene rings is 1. The van der Waals surface area contributed by atoms with E-state index in [-0.39, 0.29) is 43.3 Å². The van der Waals surface area contributed by atoms with Crippen molar-refractivity contribution in [1.29, 1.82) is 0 Å². The van der Waals surface area contributed by atoms with Crippen LogP contribution in [0.5, 0.6) is 0 Å². The summed E-state index contributed by atoms with van der Waals surface area (Å²) in [5, 5.41) is 2.92. The van der Waals surface area contributed by atoms with Gasteiger partial charge < -0.3 is 16.0 Å². The number of carbonyl (C=O) groups is 1. The first-order chi connectivity index (χ1) is 7.79. The summed E-state index contributed by atoms with van der Waals surface area (Å²) in [4.78, 5) is 13.4. The lowest BCUT2D eigenvalue weighted by Gasteiger charge is -2.18. The van der Waals surface area contributed by atoms with E-state index in [9.17, 15) is 4.79 Å². The summed E-state index contributed by atoms with van der Waals surface area (Å²) >= 11 is 0. The van der Waals surface area contributed by atoms with E-state index in [4.69, 9.17) is 5.73 Å². The van der Waals surface area contributed by atoms with Crippen LogP contribution in [0, 0.1) is 0 Å². The summed E-state index contributed by atoms with van der Waals surface area (Å²) in [6, 6.07) is 10.5. The minimum atomic E-state index is -0.0695. The first-order valence-corrected chi connectivity index (χ1v) is 5.59. The third-order valence-corrected chi connectivity index (χ3v) is 2.86. The van der Waals surface area contributed by atoms with Gasteiger partial charge in [0.25, 0.3) is 0 Å². The molecule has 1 saturated heterocycles. The average molecular weight is 292 g/mol. The number of para-hydroxylation sites is 1. The molecular weight excluding hydrogens is 273 g/mol. The lowest BCUT2D eigenvalue weighted by molar-refractivity contribution is -0.120. The SMILES string of the molecule is Cl.Cl.NCC(=O)NC1CCN(c2ccccc2)C1. The number of halogens is 2. The fourth-order valence-electron chi connectivity index (χ4n) is 2.04. The normalized spacial score (nSPS) is 17.6. The number of nitrogens with two attached hydrogens (primary N) is 1. The first kappa shape index (κ1) is 17.0. The van der Waals surface area contributed by atoms with Crippen LogP contribution in [0.25, 0.3) is 0 Å². The molecule has 2 rings (SSSR count). The molecule has 6 heteroatoms. The smallest absolute Gasteiger partial charge is 0.234 e. The van der Waals surface area contributed by atoms with Crippen molar-refractivity contribution in [1.82, 2.24) is 5.32 Å². The van der Waals surface area contributed by atoms with Crippen molar-refractivity contribution in [3.8, 4) is 0 Å². The highest BCUT2D eigenvalue weighted by Gasteiger charge is 2.23. The van der Waals surface area contributed by atoms with E-state index < -0.39 is 0 Å². The number of amides is 1. The Morgan fingerprint density at radius 3 is 2.61 bits per heavy atom. The molecule has 102 valence electrons. The Bertz CT molecular complexity index is 362. The molecule has 1 aromatic carbocycles. The summed E-state index contributed by atoms with van der Waals surface area (Å²) in [5.74, 6) is -0.0695. The molecule has 18 heavy (non-hydrogen) atoms. The molecule has 1 aromatic rings. The predicted octanol–water partition coefficient (Wildman–Crippen LogP) is 1.18. The molecule has 3 N–H and O–H groups in total. The maximum atomic E-state index is 11.2. The van der Waals surface area contributed by atoms with E-state index in [2.05, 4.69) is 22.3 Å². The Hall–Kier alpha value is -0.970. The van der Waals surface area contributed by atoms with Crippen molar-refractivity contribution in [3.05, 3.63) is 30.3 Å². The molecular formula is C12H19Cl2N3O. The standard InChI is InChI=1S/C12H17N3O.2ClH/c13-8-12(16)14-10-6-7-15(9-10)11-4-2-1-3-5-11;;/h1-5,10H,6-9,13H2,(H,14,16);2*1H. The summed E-state index contributed by atoms with van der Waals surface area (Å²) in [6.07, 6.45) is 0.987. The van der Waals surface area contributed by atoms with Crippen LogP contribution in [0.15, 0.2) is 30.3 Å². The summed E-state index contributed by atoms with van der Waals surface area (Å²) < 4.78 is 0. The molecule has 0 bridgehead atoms. The van der Waals surface area contributed by atoms with E-state index in [0.29, 0.717) is 0 Å². The van der Waals surface area contributed by atoms with Crippen LogP contribution in [0.4, 0.5) is 5.69 Å². The molecule has 4 nitrogen and oxygen atoms in total. The van der Waals surface area contributed by atoms with Crippen molar-refractivity contribution < 1.29 is 4.79 Å². The van der Waals surface area contributed by atoms with Gasteiger partial charge in [0.2, 0.25) is 5.91 Å². The molecule has 1 atom stereocenters. The first-order valence-electron chi connectivity index (χ1n) is 5.59. The Morgan fingerprint density at radius 1 is 1.33 bits per heavy atom. The highest BCUT2D eigenvalue weighted by molar-refractivity contribution is 5.85. The summed E-state index contributed by atoms with van der Waals surface area (Å²) in [6.45, 7) is 1.93. The van der Waals surface area contributed by atoms with Crippen LogP contribution in [-0.2, 0) is 4.79 Å². The molecule has 0 spiro atoms. The molecule has 1 amide bonds. The summed E-state index contributed by atoms with van der Waals surface area (Å²) in [7, 11) is 0. The highest BCUT2D eigenvalue weighted by atomic mass is 35.5. The van der Waals surface area contributed by atoms with Crippen LogP contribution in [0.2, 0.25) is 0 Å². The second kappa shape index (κ2) is 8.19. The molecule has 1 aliphatic rings. The molecule has 1 unspecified atom stereocenters. The monoisotopic (exact) mass is 291 g/mol. The second-order valence-corrected chi connectivity index (χ2v) is 4.04. The van der Waals surface area contributed by atoms with Crippen molar-refractivity contribution >= 4 is 36.4 Å². The Kier molecular flexibility index (Phi) is 7.75. The topological polar surface area (TPSA) is 58.4 Å². The van der Waals surface area contributed by atoms with Gasteiger partial charge in [-0.05, 0) is 18.6 Å². The van der Waals surface area contributed by atoms with Gasteiger partial charge in [0, 0.05) is 24.8 Å². The zero-order chi connectivity index (χ0) is 11.4. The van der Waals surface area contributed by atoms with Crippen LogP contribution in [-0.4, -0.2) is 31.6 Å². The van der Waals surface area contributed by atoms with Gasteiger partial charge in [-0.1, -0.05) is 18.2 Å². The predicted molar refractivity (Wildman–Crippen MR) is 78.8 cm³/mol. The van der Waals surface area contributed by atoms with Gasteiger partial charge in [-0.15, -0.1) is 24.8 Å². The van der Waals surface area contributed by atoms with E-state index in [1.165, 1.54) is 5.69 Å². The number of rotatable bonds is 3. The number of anilines is 1. The van der Waals surface area contributed by atoms with Crippen molar-refractivity contribution in [3.63, 3.8) is 0 Å². The second-order valence-electron chi connectivity index (χ2n) is 4.04. The molecule has 0 aromatic heterocycles. The molecule has 0 aliphatic carbocycles. The average Bonchev–Trinajstić information content (AvgIpc) is 2.78. The minimum Gasteiger partial charge on any atom is -0.369 e. The lowest BCUT2D eigenvalue weighted by atomic mass is 10.2. The zero-order valence-corrected chi connectivity index (χ0v) is 11.7. The fourth-order valence-corrected chi connectivity index (χ4v) is 2.04. The highest BCUT2D eigenvalue weighted by Crippen LogP contribution is 2.19. The third kappa shape index (κ3) is 4.37. The van der Waals surface area contributed by atoms with Crippen LogP contribution < -0.4 is 16.0 Å². The van der Waals surface area contributed by atoms with Gasteiger partial charge in [0.1, 0.15) is 0 Å². The maximum absolute atomic E-state index is 11.2. The third-order valence-electron chi connectivity index (χ3n) is 2.86. The molecule has 1 heterocycles. The van der Waals surface area contributed by atoms with Gasteiger partial charge in [-0.3, -0.25) is 4.79 Å². The number of hydrogen-bond acceptors (Lipinski definition) is 3. The Labute approximate surface area is 120 Å². The van der Waals surface area contributed by atoms with Gasteiger partial charge >= 0.3 is 0 Å². The Morgan fingerprint density at radius 2 is 2.00 bits per heavy atom. The van der Waals surface area contributed by atoms with Crippen molar-refractivity contribution in [2.45, 2.75) is 12.5 Å². The number of nitrogens with one attached hydrogen (secondary N) is 1. The molecule has 1 aliphatic heterocycles. The molecule has 0 radical (unpaired) electrons.